The normalized spacial score (nSPS) is 10.5. The minimum Gasteiger partial charge on any atom is -0.433 e. The Bertz CT molecular complexity index is 586. The second kappa shape index (κ2) is 5.42. The molecule has 1 aromatic heterocycles. The molecule has 100 valence electrons. The van der Waals surface area contributed by atoms with E-state index in [-0.39, 0.29) is 11.4 Å². The lowest BCUT2D eigenvalue weighted by Crippen LogP contribution is -2.06. The summed E-state index contributed by atoms with van der Waals surface area (Å²) >= 11 is 0. The summed E-state index contributed by atoms with van der Waals surface area (Å²) in [6.07, 6.45) is 1.87. The first-order valence-electron chi connectivity index (χ1n) is 5.25. The lowest BCUT2D eigenvalue weighted by atomic mass is 10.1. The number of aryl methyl sites for hydroxylation is 1. The third-order valence-electron chi connectivity index (χ3n) is 2.38. The fourth-order valence-corrected chi connectivity index (χ4v) is 1.58. The van der Waals surface area contributed by atoms with E-state index in [1.165, 1.54) is 18.5 Å². The molecule has 0 aliphatic carbocycles. The summed E-state index contributed by atoms with van der Waals surface area (Å²) in [6.45, 7) is -2.98. The van der Waals surface area contributed by atoms with Crippen LogP contribution < -0.4 is 10.1 Å². The van der Waals surface area contributed by atoms with Gasteiger partial charge in [-0.1, -0.05) is 0 Å². The van der Waals surface area contributed by atoms with Gasteiger partial charge in [-0.2, -0.15) is 8.78 Å². The van der Waals surface area contributed by atoms with Crippen LogP contribution in [0, 0.1) is 0 Å². The van der Waals surface area contributed by atoms with Crippen molar-refractivity contribution < 1.29 is 18.3 Å². The van der Waals surface area contributed by atoms with Gasteiger partial charge in [-0.25, -0.2) is 0 Å². The van der Waals surface area contributed by atoms with E-state index in [0.29, 0.717) is 17.8 Å². The van der Waals surface area contributed by atoms with Crippen LogP contribution >= 0.6 is 0 Å². The van der Waals surface area contributed by atoms with Crippen molar-refractivity contribution in [2.45, 2.75) is 6.61 Å². The van der Waals surface area contributed by atoms with Crippen LogP contribution in [0.3, 0.4) is 0 Å². The molecule has 0 atom stereocenters. The van der Waals surface area contributed by atoms with Gasteiger partial charge in [-0.3, -0.25) is 4.79 Å². The zero-order valence-corrected chi connectivity index (χ0v) is 9.88. The fourth-order valence-electron chi connectivity index (χ4n) is 1.58. The fraction of sp³-hybridized carbons (Fsp3) is 0.182. The maximum atomic E-state index is 12.3. The molecule has 0 radical (unpaired) electrons. The van der Waals surface area contributed by atoms with Gasteiger partial charge >= 0.3 is 6.61 Å². The zero-order chi connectivity index (χ0) is 13.8. The molecule has 0 saturated heterocycles. The number of nitrogens with zero attached hydrogens (tertiary/aromatic N) is 3. The van der Waals surface area contributed by atoms with Crippen LogP contribution in [0.2, 0.25) is 0 Å². The van der Waals surface area contributed by atoms with Gasteiger partial charge in [0.25, 0.3) is 0 Å². The summed E-state index contributed by atoms with van der Waals surface area (Å²) in [5, 5.41) is 9.85. The number of hydrogen-bond acceptors (Lipinski definition) is 4. The van der Waals surface area contributed by atoms with Crippen molar-refractivity contribution in [3.05, 3.63) is 24.5 Å². The SMILES string of the molecule is Cn1cnnc1-c1ccc(NC=O)c(OC(F)F)c1. The van der Waals surface area contributed by atoms with Crippen LogP contribution in [0.4, 0.5) is 14.5 Å². The van der Waals surface area contributed by atoms with Crippen LogP contribution in [0.15, 0.2) is 24.5 Å². The molecule has 0 aliphatic heterocycles. The predicted octanol–water partition coefficient (Wildman–Crippen LogP) is 1.65. The summed E-state index contributed by atoms with van der Waals surface area (Å²) in [7, 11) is 1.72. The van der Waals surface area contributed by atoms with E-state index in [2.05, 4.69) is 20.3 Å². The van der Waals surface area contributed by atoms with Crippen molar-refractivity contribution in [2.75, 3.05) is 5.32 Å². The van der Waals surface area contributed by atoms with Gasteiger partial charge in [0.05, 0.1) is 5.69 Å². The van der Waals surface area contributed by atoms with E-state index in [4.69, 9.17) is 0 Å². The molecule has 0 aliphatic rings. The molecule has 1 amide bonds. The van der Waals surface area contributed by atoms with E-state index in [1.807, 2.05) is 0 Å². The molecule has 19 heavy (non-hydrogen) atoms. The number of amides is 1. The Morgan fingerprint density at radius 1 is 1.47 bits per heavy atom. The van der Waals surface area contributed by atoms with E-state index in [0.717, 1.165) is 0 Å². The van der Waals surface area contributed by atoms with Crippen LogP contribution in [-0.4, -0.2) is 27.8 Å². The topological polar surface area (TPSA) is 69.0 Å². The second-order valence-electron chi connectivity index (χ2n) is 3.62. The molecular weight excluding hydrogens is 258 g/mol. The van der Waals surface area contributed by atoms with Crippen LogP contribution in [0.25, 0.3) is 11.4 Å². The van der Waals surface area contributed by atoms with E-state index in [1.54, 1.807) is 17.7 Å². The number of carbonyl (C=O) groups is 1. The average molecular weight is 268 g/mol. The van der Waals surface area contributed by atoms with Crippen molar-refractivity contribution >= 4 is 12.1 Å². The lowest BCUT2D eigenvalue weighted by Gasteiger charge is -2.11. The quantitative estimate of drug-likeness (QED) is 0.837. The van der Waals surface area contributed by atoms with E-state index >= 15 is 0 Å². The molecule has 0 unspecified atom stereocenters. The number of benzene rings is 1. The number of halogens is 2. The highest BCUT2D eigenvalue weighted by molar-refractivity contribution is 5.77. The highest BCUT2D eigenvalue weighted by Gasteiger charge is 2.13. The first kappa shape index (κ1) is 12.9. The molecule has 1 heterocycles. The van der Waals surface area contributed by atoms with Gasteiger partial charge in [0.1, 0.15) is 12.1 Å². The van der Waals surface area contributed by atoms with E-state index < -0.39 is 6.61 Å². The van der Waals surface area contributed by atoms with Crippen LogP contribution in [0.5, 0.6) is 5.75 Å². The highest BCUT2D eigenvalue weighted by Crippen LogP contribution is 2.30. The van der Waals surface area contributed by atoms with Crippen LogP contribution in [-0.2, 0) is 11.8 Å². The Labute approximate surface area is 107 Å². The smallest absolute Gasteiger partial charge is 0.387 e. The van der Waals surface area contributed by atoms with Crippen LogP contribution in [0.1, 0.15) is 0 Å². The Morgan fingerprint density at radius 3 is 2.84 bits per heavy atom. The van der Waals surface area contributed by atoms with Gasteiger partial charge in [-0.05, 0) is 18.2 Å². The molecule has 8 heteroatoms. The second-order valence-corrected chi connectivity index (χ2v) is 3.62. The minimum atomic E-state index is -2.98. The summed E-state index contributed by atoms with van der Waals surface area (Å²) < 4.78 is 30.6. The highest BCUT2D eigenvalue weighted by atomic mass is 19.3. The monoisotopic (exact) mass is 268 g/mol. The lowest BCUT2D eigenvalue weighted by molar-refractivity contribution is -0.105. The van der Waals surface area contributed by atoms with Crippen molar-refractivity contribution in [1.82, 2.24) is 14.8 Å². The Kier molecular flexibility index (Phi) is 3.69. The summed E-state index contributed by atoms with van der Waals surface area (Å²) in [5.74, 6) is 0.361. The molecule has 2 rings (SSSR count). The van der Waals surface area contributed by atoms with Gasteiger partial charge in [0.15, 0.2) is 5.82 Å². The maximum absolute atomic E-state index is 12.3. The number of ether oxygens (including phenoxy) is 1. The summed E-state index contributed by atoms with van der Waals surface area (Å²) in [6, 6.07) is 4.44. The Morgan fingerprint density at radius 2 is 2.26 bits per heavy atom. The van der Waals surface area contributed by atoms with Gasteiger partial charge in [0.2, 0.25) is 6.41 Å². The van der Waals surface area contributed by atoms with Crippen molar-refractivity contribution in [1.29, 1.82) is 0 Å². The first-order valence-corrected chi connectivity index (χ1v) is 5.25. The molecule has 0 fully saturated rings. The van der Waals surface area contributed by atoms with E-state index in [9.17, 15) is 13.6 Å². The minimum absolute atomic E-state index is 0.136. The number of nitrogens with one attached hydrogen (secondary N) is 1. The van der Waals surface area contributed by atoms with Gasteiger partial charge in [0, 0.05) is 12.6 Å². The number of carbonyl (C=O) groups excluding carboxylic acids is 1. The van der Waals surface area contributed by atoms with Crippen molar-refractivity contribution in [3.63, 3.8) is 0 Å². The molecule has 1 N–H and O–H groups in total. The van der Waals surface area contributed by atoms with Crippen molar-refractivity contribution in [2.24, 2.45) is 7.05 Å². The van der Waals surface area contributed by atoms with Gasteiger partial charge in [-0.15, -0.1) is 10.2 Å². The molecule has 6 nitrogen and oxygen atoms in total. The third kappa shape index (κ3) is 2.84. The number of hydrogen-bond donors (Lipinski definition) is 1. The molecule has 0 saturated carbocycles. The maximum Gasteiger partial charge on any atom is 0.387 e. The Hall–Kier alpha value is -2.51. The first-order chi connectivity index (χ1) is 9.11. The summed E-state index contributed by atoms with van der Waals surface area (Å²) in [4.78, 5) is 10.4. The number of aromatic nitrogens is 3. The average Bonchev–Trinajstić information content (AvgIpc) is 2.77. The zero-order valence-electron chi connectivity index (χ0n) is 9.88. The molecule has 1 aromatic carbocycles. The molecular formula is C11H10F2N4O2. The summed E-state index contributed by atoms with van der Waals surface area (Å²) in [5.41, 5.74) is 0.702. The predicted molar refractivity (Wildman–Crippen MR) is 62.8 cm³/mol. The molecule has 2 aromatic rings. The number of rotatable bonds is 5. The molecule has 0 bridgehead atoms. The largest absolute Gasteiger partial charge is 0.433 e. The third-order valence-corrected chi connectivity index (χ3v) is 2.38. The van der Waals surface area contributed by atoms with Gasteiger partial charge < -0.3 is 14.6 Å². The number of alkyl halides is 2. The number of anilines is 1. The molecule has 0 spiro atoms. The van der Waals surface area contributed by atoms with Crippen molar-refractivity contribution in [3.8, 4) is 17.1 Å². The standard InChI is InChI=1S/C11H10F2N4O2/c1-17-5-15-16-10(17)7-2-3-8(14-6-18)9(4-7)19-11(12)13/h2-6,11H,1H3,(H,14,18). The Balaban J connectivity index is 2.42.